The molecule has 0 saturated carbocycles. The molecule has 0 aromatic heterocycles. The van der Waals surface area contributed by atoms with Crippen LogP contribution in [0.1, 0.15) is 23.1 Å². The van der Waals surface area contributed by atoms with Crippen molar-refractivity contribution in [3.05, 3.63) is 63.6 Å². The quantitative estimate of drug-likeness (QED) is 0.743. The number of nitrogens with one attached hydrogen (secondary N) is 1. The fourth-order valence-corrected chi connectivity index (χ4v) is 3.02. The van der Waals surface area contributed by atoms with Crippen LogP contribution < -0.4 is 10.1 Å². The normalized spacial score (nSPS) is 10.5. The largest absolute Gasteiger partial charge is 0.496 e. The van der Waals surface area contributed by atoms with Crippen LogP contribution in [0.4, 0.5) is 0 Å². The van der Waals surface area contributed by atoms with Crippen LogP contribution in [0.25, 0.3) is 0 Å². The lowest BCUT2D eigenvalue weighted by Crippen LogP contribution is -2.23. The average molecular weight is 392 g/mol. The molecule has 0 aliphatic heterocycles. The van der Waals surface area contributed by atoms with Gasteiger partial charge in [-0.3, -0.25) is 4.79 Å². The van der Waals surface area contributed by atoms with Crippen molar-refractivity contribution in [2.75, 3.05) is 14.2 Å². The minimum Gasteiger partial charge on any atom is -0.496 e. The van der Waals surface area contributed by atoms with E-state index in [1.165, 1.54) is 0 Å². The van der Waals surface area contributed by atoms with Crippen LogP contribution in [0.2, 0.25) is 0 Å². The molecule has 0 atom stereocenters. The first-order valence-corrected chi connectivity index (χ1v) is 8.58. The smallest absolute Gasteiger partial charge is 0.220 e. The number of halogens is 1. The van der Waals surface area contributed by atoms with Crippen molar-refractivity contribution < 1.29 is 14.3 Å². The van der Waals surface area contributed by atoms with Gasteiger partial charge in [-0.05, 0) is 51.2 Å². The molecule has 0 fully saturated rings. The highest BCUT2D eigenvalue weighted by atomic mass is 79.9. The van der Waals surface area contributed by atoms with Gasteiger partial charge in [0.15, 0.2) is 0 Å². The highest BCUT2D eigenvalue weighted by Crippen LogP contribution is 2.25. The van der Waals surface area contributed by atoms with Crippen LogP contribution in [0.5, 0.6) is 5.75 Å². The lowest BCUT2D eigenvalue weighted by Gasteiger charge is -2.10. The van der Waals surface area contributed by atoms with Gasteiger partial charge in [0.1, 0.15) is 5.75 Å². The zero-order valence-electron chi connectivity index (χ0n) is 14.0. The summed E-state index contributed by atoms with van der Waals surface area (Å²) >= 11 is 3.46. The van der Waals surface area contributed by atoms with Crippen molar-refractivity contribution in [1.29, 1.82) is 0 Å². The minimum absolute atomic E-state index is 0.0363. The fourth-order valence-electron chi connectivity index (χ4n) is 2.43. The molecule has 2 aromatic carbocycles. The Balaban J connectivity index is 1.85. The maximum atomic E-state index is 12.1. The minimum atomic E-state index is 0.0363. The van der Waals surface area contributed by atoms with E-state index in [0.717, 1.165) is 26.9 Å². The van der Waals surface area contributed by atoms with E-state index in [1.54, 1.807) is 14.2 Å². The highest BCUT2D eigenvalue weighted by molar-refractivity contribution is 9.10. The first-order chi connectivity index (χ1) is 11.6. The average Bonchev–Trinajstić information content (AvgIpc) is 2.59. The Morgan fingerprint density at radius 2 is 1.88 bits per heavy atom. The van der Waals surface area contributed by atoms with Crippen LogP contribution in [0.15, 0.2) is 46.9 Å². The number of benzene rings is 2. The Labute approximate surface area is 151 Å². The summed E-state index contributed by atoms with van der Waals surface area (Å²) in [5.74, 6) is 0.826. The maximum absolute atomic E-state index is 12.1. The Hall–Kier alpha value is -1.85. The topological polar surface area (TPSA) is 47.6 Å². The van der Waals surface area contributed by atoms with Gasteiger partial charge in [-0.15, -0.1) is 0 Å². The third kappa shape index (κ3) is 5.35. The molecule has 1 amide bonds. The van der Waals surface area contributed by atoms with Gasteiger partial charge < -0.3 is 14.8 Å². The van der Waals surface area contributed by atoms with Crippen LogP contribution in [-0.2, 0) is 29.1 Å². The summed E-state index contributed by atoms with van der Waals surface area (Å²) in [6, 6.07) is 13.8. The van der Waals surface area contributed by atoms with Crippen LogP contribution >= 0.6 is 15.9 Å². The number of hydrogen-bond donors (Lipinski definition) is 1. The molecule has 5 heteroatoms. The molecule has 24 heavy (non-hydrogen) atoms. The monoisotopic (exact) mass is 391 g/mol. The lowest BCUT2D eigenvalue weighted by molar-refractivity contribution is -0.121. The van der Waals surface area contributed by atoms with Gasteiger partial charge in [-0.25, -0.2) is 0 Å². The zero-order valence-corrected chi connectivity index (χ0v) is 15.6. The number of aryl methyl sites for hydroxylation is 1. The first kappa shape index (κ1) is 18.5. The van der Waals surface area contributed by atoms with Crippen LogP contribution in [0.3, 0.4) is 0 Å². The van der Waals surface area contributed by atoms with Crippen LogP contribution in [0, 0.1) is 0 Å². The maximum Gasteiger partial charge on any atom is 0.220 e. The highest BCUT2D eigenvalue weighted by Gasteiger charge is 2.07. The lowest BCUT2D eigenvalue weighted by atomic mass is 10.1. The molecule has 128 valence electrons. The van der Waals surface area contributed by atoms with Gasteiger partial charge in [-0.1, -0.05) is 30.3 Å². The summed E-state index contributed by atoms with van der Waals surface area (Å²) in [6.07, 6.45) is 1.14. The van der Waals surface area contributed by atoms with E-state index in [4.69, 9.17) is 9.47 Å². The Kier molecular flexibility index (Phi) is 7.28. The number of ether oxygens (including phenoxy) is 2. The molecule has 2 aromatic rings. The second-order valence-corrected chi connectivity index (χ2v) is 6.30. The third-order valence-corrected chi connectivity index (χ3v) is 4.37. The first-order valence-electron chi connectivity index (χ1n) is 7.79. The van der Waals surface area contributed by atoms with E-state index in [2.05, 4.69) is 21.2 Å². The fraction of sp³-hybridized carbons (Fsp3) is 0.316. The molecule has 0 aliphatic rings. The molecule has 0 radical (unpaired) electrons. The van der Waals surface area contributed by atoms with E-state index in [1.807, 2.05) is 42.5 Å². The van der Waals surface area contributed by atoms with Crippen molar-refractivity contribution in [2.24, 2.45) is 0 Å². The number of methoxy groups -OCH3 is 2. The van der Waals surface area contributed by atoms with Crippen molar-refractivity contribution in [2.45, 2.75) is 26.0 Å². The van der Waals surface area contributed by atoms with Crippen molar-refractivity contribution in [3.63, 3.8) is 0 Å². The van der Waals surface area contributed by atoms with Gasteiger partial charge in [0.2, 0.25) is 5.91 Å². The molecule has 4 nitrogen and oxygen atoms in total. The standard InChI is InChI=1S/C19H22BrNO3/c1-23-13-16-6-4-3-5-15(16)12-21-19(22)10-8-14-7-9-18(24-2)17(20)11-14/h3-7,9,11H,8,10,12-13H2,1-2H3,(H,21,22). The van der Waals surface area contributed by atoms with E-state index in [-0.39, 0.29) is 5.91 Å². The molecule has 0 saturated heterocycles. The van der Waals surface area contributed by atoms with Gasteiger partial charge in [0, 0.05) is 20.1 Å². The molecule has 0 bridgehead atoms. The Bertz CT molecular complexity index is 688. The van der Waals surface area contributed by atoms with E-state index < -0.39 is 0 Å². The van der Waals surface area contributed by atoms with Gasteiger partial charge in [0.25, 0.3) is 0 Å². The summed E-state index contributed by atoms with van der Waals surface area (Å²) < 4.78 is 11.3. The summed E-state index contributed by atoms with van der Waals surface area (Å²) in [5.41, 5.74) is 3.27. The molecule has 2 rings (SSSR count). The summed E-state index contributed by atoms with van der Waals surface area (Å²) in [6.45, 7) is 1.07. The van der Waals surface area contributed by atoms with Crippen LogP contribution in [-0.4, -0.2) is 20.1 Å². The number of amides is 1. The second-order valence-electron chi connectivity index (χ2n) is 5.45. The zero-order chi connectivity index (χ0) is 17.4. The van der Waals surface area contributed by atoms with E-state index in [0.29, 0.717) is 26.0 Å². The van der Waals surface area contributed by atoms with Crippen molar-refractivity contribution in [3.8, 4) is 5.75 Å². The SMILES string of the molecule is COCc1ccccc1CNC(=O)CCc1ccc(OC)c(Br)c1. The number of hydrogen-bond acceptors (Lipinski definition) is 3. The summed E-state index contributed by atoms with van der Waals surface area (Å²) in [5, 5.41) is 2.97. The molecular weight excluding hydrogens is 370 g/mol. The third-order valence-electron chi connectivity index (χ3n) is 3.75. The number of carbonyl (C=O) groups excluding carboxylic acids is 1. The molecule has 0 heterocycles. The summed E-state index contributed by atoms with van der Waals surface area (Å²) in [4.78, 5) is 12.1. The number of rotatable bonds is 8. The Morgan fingerprint density at radius 1 is 1.12 bits per heavy atom. The predicted molar refractivity (Wildman–Crippen MR) is 98.0 cm³/mol. The molecule has 0 spiro atoms. The van der Waals surface area contributed by atoms with E-state index in [9.17, 15) is 4.79 Å². The second kappa shape index (κ2) is 9.45. The Morgan fingerprint density at radius 3 is 2.54 bits per heavy atom. The summed E-state index contributed by atoms with van der Waals surface area (Å²) in [7, 11) is 3.30. The van der Waals surface area contributed by atoms with Gasteiger partial charge in [0.05, 0.1) is 18.2 Å². The van der Waals surface area contributed by atoms with Gasteiger partial charge >= 0.3 is 0 Å². The van der Waals surface area contributed by atoms with Crippen molar-refractivity contribution >= 4 is 21.8 Å². The van der Waals surface area contributed by atoms with Gasteiger partial charge in [-0.2, -0.15) is 0 Å². The molecule has 1 N–H and O–H groups in total. The molecule has 0 aliphatic carbocycles. The molecular formula is C19H22BrNO3. The molecule has 0 unspecified atom stereocenters. The van der Waals surface area contributed by atoms with Crippen molar-refractivity contribution in [1.82, 2.24) is 5.32 Å². The van der Waals surface area contributed by atoms with E-state index >= 15 is 0 Å². The predicted octanol–water partition coefficient (Wildman–Crippen LogP) is 3.85. The number of carbonyl (C=O) groups is 1.